The van der Waals surface area contributed by atoms with Crippen LogP contribution >= 0.6 is 0 Å². The van der Waals surface area contributed by atoms with Crippen molar-refractivity contribution in [1.29, 1.82) is 0 Å². The number of nitrogens with zero attached hydrogens (tertiary/aromatic N) is 2. The minimum atomic E-state index is 0.741. The van der Waals surface area contributed by atoms with E-state index >= 15 is 0 Å². The van der Waals surface area contributed by atoms with Crippen molar-refractivity contribution in [3.8, 4) is 0 Å². The van der Waals surface area contributed by atoms with Crippen LogP contribution in [0.3, 0.4) is 0 Å². The van der Waals surface area contributed by atoms with Gasteiger partial charge in [0.25, 0.3) is 0 Å². The van der Waals surface area contributed by atoms with E-state index in [1.807, 2.05) is 13.8 Å². The van der Waals surface area contributed by atoms with Gasteiger partial charge in [-0.05, 0) is 25.0 Å². The molecule has 0 spiro atoms. The summed E-state index contributed by atoms with van der Waals surface area (Å²) in [5, 5.41) is 3.25. The Balaban J connectivity index is 2.74. The minimum absolute atomic E-state index is 0.741. The highest BCUT2D eigenvalue weighted by Crippen LogP contribution is 2.30. The van der Waals surface area contributed by atoms with Crippen molar-refractivity contribution in [3.63, 3.8) is 0 Å². The zero-order valence-electron chi connectivity index (χ0n) is 7.81. The van der Waals surface area contributed by atoms with Crippen molar-refractivity contribution in [2.45, 2.75) is 26.9 Å². The van der Waals surface area contributed by atoms with E-state index in [1.165, 1.54) is 5.56 Å². The molecule has 0 amide bonds. The molecule has 66 valence electrons. The first-order valence-electron chi connectivity index (χ1n) is 4.31. The van der Waals surface area contributed by atoms with Gasteiger partial charge in [0, 0.05) is 24.5 Å². The van der Waals surface area contributed by atoms with Crippen LogP contribution in [0.1, 0.15) is 22.5 Å². The summed E-state index contributed by atoms with van der Waals surface area (Å²) in [5.41, 5.74) is 5.03. The van der Waals surface area contributed by atoms with E-state index in [-0.39, 0.29) is 0 Å². The number of aryl methyl sites for hydroxylation is 2. The Morgan fingerprint density at radius 3 is 2.62 bits per heavy atom. The molecule has 1 aliphatic rings. The molecular formula is C10H11N3. The first-order valence-corrected chi connectivity index (χ1v) is 4.31. The SMILES string of the molecule is [C-]#[N+]c1c(C)nc(C)c2c1CNC2. The number of fused-ring (bicyclic) bond motifs is 1. The Morgan fingerprint density at radius 1 is 1.23 bits per heavy atom. The second-order valence-corrected chi connectivity index (χ2v) is 3.30. The Labute approximate surface area is 77.6 Å². The summed E-state index contributed by atoms with van der Waals surface area (Å²) in [6.07, 6.45) is 0. The van der Waals surface area contributed by atoms with Gasteiger partial charge in [-0.15, -0.1) is 0 Å². The molecule has 1 N–H and O–H groups in total. The van der Waals surface area contributed by atoms with Gasteiger partial charge in [0.05, 0.1) is 6.57 Å². The molecule has 0 fully saturated rings. The van der Waals surface area contributed by atoms with Gasteiger partial charge >= 0.3 is 0 Å². The summed E-state index contributed by atoms with van der Waals surface area (Å²) in [4.78, 5) is 7.89. The van der Waals surface area contributed by atoms with Crippen LogP contribution < -0.4 is 5.32 Å². The smallest absolute Gasteiger partial charge is 0.212 e. The fraction of sp³-hybridized carbons (Fsp3) is 0.400. The third-order valence-electron chi connectivity index (χ3n) is 2.48. The number of hydrogen-bond acceptors (Lipinski definition) is 2. The number of aromatic nitrogens is 1. The zero-order chi connectivity index (χ0) is 9.42. The van der Waals surface area contributed by atoms with E-state index in [0.717, 1.165) is 35.7 Å². The van der Waals surface area contributed by atoms with Crippen molar-refractivity contribution in [2.24, 2.45) is 0 Å². The molecule has 0 aromatic carbocycles. The van der Waals surface area contributed by atoms with Crippen LogP contribution in [0.25, 0.3) is 4.85 Å². The van der Waals surface area contributed by atoms with E-state index < -0.39 is 0 Å². The quantitative estimate of drug-likeness (QED) is 0.607. The van der Waals surface area contributed by atoms with Gasteiger partial charge < -0.3 is 5.32 Å². The van der Waals surface area contributed by atoms with E-state index in [0.29, 0.717) is 0 Å². The summed E-state index contributed by atoms with van der Waals surface area (Å²) in [6.45, 7) is 12.7. The molecule has 1 aromatic heterocycles. The topological polar surface area (TPSA) is 29.3 Å². The summed E-state index contributed by atoms with van der Waals surface area (Å²) in [5.74, 6) is 0. The molecule has 0 saturated carbocycles. The Kier molecular flexibility index (Phi) is 1.78. The van der Waals surface area contributed by atoms with Crippen LogP contribution in [0.2, 0.25) is 0 Å². The zero-order valence-corrected chi connectivity index (χ0v) is 7.81. The predicted molar refractivity (Wildman–Crippen MR) is 50.5 cm³/mol. The lowest BCUT2D eigenvalue weighted by Gasteiger charge is -2.06. The minimum Gasteiger partial charge on any atom is -0.310 e. The van der Waals surface area contributed by atoms with E-state index in [9.17, 15) is 0 Å². The van der Waals surface area contributed by atoms with Crippen molar-refractivity contribution in [2.75, 3.05) is 0 Å². The molecule has 0 atom stereocenters. The molecule has 2 rings (SSSR count). The highest BCUT2D eigenvalue weighted by Gasteiger charge is 2.19. The average molecular weight is 173 g/mol. The standard InChI is InChI=1S/C10H11N3/c1-6-8-4-12-5-9(8)10(11-3)7(2)13-6/h12H,4-5H2,1-2H3. The highest BCUT2D eigenvalue weighted by atomic mass is 14.9. The number of pyridine rings is 1. The first kappa shape index (κ1) is 8.21. The first-order chi connectivity index (χ1) is 6.24. The maximum absolute atomic E-state index is 7.08. The second kappa shape index (κ2) is 2.82. The Morgan fingerprint density at radius 2 is 1.92 bits per heavy atom. The molecule has 13 heavy (non-hydrogen) atoms. The molecule has 0 aliphatic carbocycles. The van der Waals surface area contributed by atoms with Gasteiger partial charge in [-0.1, -0.05) is 0 Å². The van der Waals surface area contributed by atoms with Gasteiger partial charge in [-0.3, -0.25) is 4.98 Å². The Hall–Kier alpha value is -1.40. The average Bonchev–Trinajstić information content (AvgIpc) is 2.53. The van der Waals surface area contributed by atoms with E-state index in [4.69, 9.17) is 6.57 Å². The monoisotopic (exact) mass is 173 g/mol. The normalized spacial score (nSPS) is 13.9. The number of rotatable bonds is 0. The molecule has 0 saturated heterocycles. The van der Waals surface area contributed by atoms with Crippen LogP contribution in [0.15, 0.2) is 0 Å². The molecule has 0 bridgehead atoms. The van der Waals surface area contributed by atoms with Gasteiger partial charge in [-0.2, -0.15) is 0 Å². The fourth-order valence-corrected chi connectivity index (χ4v) is 1.84. The van der Waals surface area contributed by atoms with Gasteiger partial charge in [0.1, 0.15) is 0 Å². The predicted octanol–water partition coefficient (Wildman–Crippen LogP) is 1.85. The maximum Gasteiger partial charge on any atom is 0.212 e. The number of nitrogens with one attached hydrogen (secondary N) is 1. The largest absolute Gasteiger partial charge is 0.310 e. The van der Waals surface area contributed by atoms with Gasteiger partial charge in [-0.25, -0.2) is 4.85 Å². The van der Waals surface area contributed by atoms with Crippen LogP contribution in [0.4, 0.5) is 5.69 Å². The van der Waals surface area contributed by atoms with Gasteiger partial charge in [0.2, 0.25) is 5.69 Å². The molecule has 1 aromatic rings. The van der Waals surface area contributed by atoms with Gasteiger partial charge in [0.15, 0.2) is 0 Å². The van der Waals surface area contributed by atoms with E-state index in [2.05, 4.69) is 15.1 Å². The molecule has 3 heteroatoms. The third-order valence-corrected chi connectivity index (χ3v) is 2.48. The van der Waals surface area contributed by atoms with Crippen LogP contribution in [-0.2, 0) is 13.1 Å². The molecule has 0 radical (unpaired) electrons. The third kappa shape index (κ3) is 1.11. The summed E-state index contributed by atoms with van der Waals surface area (Å²) in [7, 11) is 0. The number of hydrogen-bond donors (Lipinski definition) is 1. The van der Waals surface area contributed by atoms with Crippen molar-refractivity contribution in [1.82, 2.24) is 10.3 Å². The van der Waals surface area contributed by atoms with Crippen LogP contribution in [-0.4, -0.2) is 4.98 Å². The van der Waals surface area contributed by atoms with Crippen molar-refractivity contribution in [3.05, 3.63) is 33.9 Å². The fourth-order valence-electron chi connectivity index (χ4n) is 1.84. The van der Waals surface area contributed by atoms with Crippen LogP contribution in [0, 0.1) is 20.4 Å². The lowest BCUT2D eigenvalue weighted by Crippen LogP contribution is -2.00. The second-order valence-electron chi connectivity index (χ2n) is 3.30. The summed E-state index contributed by atoms with van der Waals surface area (Å²) in [6, 6.07) is 0. The molecule has 3 nitrogen and oxygen atoms in total. The molecular weight excluding hydrogens is 162 g/mol. The van der Waals surface area contributed by atoms with E-state index in [1.54, 1.807) is 0 Å². The summed E-state index contributed by atoms with van der Waals surface area (Å²) < 4.78 is 0. The molecule has 0 unspecified atom stereocenters. The lowest BCUT2D eigenvalue weighted by molar-refractivity contribution is 0.763. The molecule has 2 heterocycles. The van der Waals surface area contributed by atoms with Crippen molar-refractivity contribution < 1.29 is 0 Å². The summed E-state index contributed by atoms with van der Waals surface area (Å²) >= 11 is 0. The maximum atomic E-state index is 7.08. The van der Waals surface area contributed by atoms with Crippen LogP contribution in [0.5, 0.6) is 0 Å². The molecule has 1 aliphatic heterocycles. The highest BCUT2D eigenvalue weighted by molar-refractivity contribution is 5.60. The van der Waals surface area contributed by atoms with Crippen molar-refractivity contribution >= 4 is 5.69 Å². The lowest BCUT2D eigenvalue weighted by atomic mass is 10.1. The Bertz CT molecular complexity index is 402.